The number of hydrogen-bond acceptors (Lipinski definition) is 14. The van der Waals surface area contributed by atoms with Crippen LogP contribution in [0.25, 0.3) is 55.4 Å². The minimum atomic E-state index is -1.71. The maximum Gasteiger partial charge on any atom is 0.488 e. The van der Waals surface area contributed by atoms with Crippen molar-refractivity contribution in [3.63, 3.8) is 0 Å². The average Bonchev–Trinajstić information content (AvgIpc) is 3.90. The molecule has 0 unspecified atom stereocenters. The molecule has 0 aliphatic carbocycles. The zero-order valence-corrected chi connectivity index (χ0v) is 27.4. The third-order valence-corrected chi connectivity index (χ3v) is 8.68. The SMILES string of the molecule is Nc1cnnc2cc(-c3cc(B(O)O)ccc3-n3cnc(C(=O)ONc4cnnc5cc(-c6cc(B(O)O)ccc6-n6ccnc6)ccc45)c3)ccc12. The summed E-state index contributed by atoms with van der Waals surface area (Å²) in [6.45, 7) is 0. The molecule has 0 saturated heterocycles. The van der Waals surface area contributed by atoms with Gasteiger partial charge in [0.2, 0.25) is 0 Å². The van der Waals surface area contributed by atoms with Crippen LogP contribution in [0.15, 0.2) is 116 Å². The highest BCUT2D eigenvalue weighted by atomic mass is 16.7. The molecule has 0 fully saturated rings. The fourth-order valence-corrected chi connectivity index (χ4v) is 6.01. The van der Waals surface area contributed by atoms with Crippen molar-refractivity contribution in [3.05, 3.63) is 122 Å². The van der Waals surface area contributed by atoms with Crippen molar-refractivity contribution in [1.29, 1.82) is 0 Å². The van der Waals surface area contributed by atoms with E-state index in [4.69, 9.17) is 10.6 Å². The van der Waals surface area contributed by atoms with Gasteiger partial charge in [0.1, 0.15) is 12.0 Å². The molecule has 8 aromatic rings. The van der Waals surface area contributed by atoms with Crippen LogP contribution in [-0.2, 0) is 4.84 Å². The van der Waals surface area contributed by atoms with E-state index in [1.165, 1.54) is 24.9 Å². The molecule has 0 radical (unpaired) electrons. The molecule has 8 rings (SSSR count). The summed E-state index contributed by atoms with van der Waals surface area (Å²) in [7, 11) is -3.37. The minimum Gasteiger partial charge on any atom is -0.423 e. The smallest absolute Gasteiger partial charge is 0.423 e. The first-order valence-electron chi connectivity index (χ1n) is 16.0. The van der Waals surface area contributed by atoms with Gasteiger partial charge in [-0.2, -0.15) is 20.4 Å². The second kappa shape index (κ2) is 13.6. The standard InChI is InChI=1S/C35H26B2N10O6/c38-28-15-41-43-29-11-20(1-5-24(28)29)27-14-23(37(51)52)4-8-34(27)47-17-32(40-19-47)35(48)53-45-31-16-42-44-30-12-21(2-6-25(30)31)26-13-22(36(49)50)3-7-33(26)46-10-9-39-18-46/h1-19,49-52H,(H2,38,43)(H,44,45). The minimum absolute atomic E-state index is 0.0153. The molecule has 0 bridgehead atoms. The molecule has 4 heterocycles. The highest BCUT2D eigenvalue weighted by Crippen LogP contribution is 2.32. The first-order chi connectivity index (χ1) is 25.7. The summed E-state index contributed by atoms with van der Waals surface area (Å²) in [6.07, 6.45) is 10.9. The van der Waals surface area contributed by atoms with Crippen LogP contribution in [0.3, 0.4) is 0 Å². The lowest BCUT2D eigenvalue weighted by Crippen LogP contribution is -2.29. The molecule has 258 valence electrons. The Morgan fingerprint density at radius 3 is 2.00 bits per heavy atom. The van der Waals surface area contributed by atoms with E-state index in [0.717, 1.165) is 16.6 Å². The van der Waals surface area contributed by atoms with Gasteiger partial charge in [0.15, 0.2) is 5.69 Å². The van der Waals surface area contributed by atoms with Crippen molar-refractivity contribution >= 4 is 64.3 Å². The van der Waals surface area contributed by atoms with Crippen molar-refractivity contribution in [2.75, 3.05) is 11.2 Å². The van der Waals surface area contributed by atoms with E-state index in [-0.39, 0.29) is 11.2 Å². The van der Waals surface area contributed by atoms with Gasteiger partial charge in [-0.1, -0.05) is 36.4 Å². The predicted octanol–water partition coefficient (Wildman–Crippen LogP) is 1.40. The van der Waals surface area contributed by atoms with Crippen LogP contribution in [0.2, 0.25) is 0 Å². The number of nitrogens with two attached hydrogens (primary N) is 1. The van der Waals surface area contributed by atoms with Gasteiger partial charge in [-0.3, -0.25) is 0 Å². The summed E-state index contributed by atoms with van der Waals surface area (Å²) in [5.74, 6) is -0.782. The summed E-state index contributed by atoms with van der Waals surface area (Å²) >= 11 is 0. The number of imidazole rings is 2. The normalized spacial score (nSPS) is 11.2. The number of rotatable bonds is 9. The van der Waals surface area contributed by atoms with Gasteiger partial charge in [0.25, 0.3) is 0 Å². The Morgan fingerprint density at radius 1 is 0.736 bits per heavy atom. The van der Waals surface area contributed by atoms with Gasteiger partial charge in [-0.25, -0.2) is 20.2 Å². The van der Waals surface area contributed by atoms with Crippen LogP contribution in [0.5, 0.6) is 0 Å². The Morgan fingerprint density at radius 2 is 1.36 bits per heavy atom. The first kappa shape index (κ1) is 33.2. The maximum absolute atomic E-state index is 13.2. The third-order valence-electron chi connectivity index (χ3n) is 8.68. The monoisotopic (exact) mass is 704 g/mol. The Bertz CT molecular complexity index is 2650. The molecule has 4 aromatic carbocycles. The molecule has 0 atom stereocenters. The van der Waals surface area contributed by atoms with E-state index < -0.39 is 20.2 Å². The third kappa shape index (κ3) is 6.41. The zero-order chi connectivity index (χ0) is 36.6. The van der Waals surface area contributed by atoms with Crippen molar-refractivity contribution < 1.29 is 29.7 Å². The molecule has 18 heteroatoms. The number of nitrogen functional groups attached to an aromatic ring is 1. The molecule has 7 N–H and O–H groups in total. The maximum atomic E-state index is 13.2. The Balaban J connectivity index is 1.06. The Kier molecular flexibility index (Phi) is 8.53. The molecule has 53 heavy (non-hydrogen) atoms. The van der Waals surface area contributed by atoms with Gasteiger partial charge in [-0.15, -0.1) is 0 Å². The van der Waals surface area contributed by atoms with Crippen LogP contribution in [0, 0.1) is 0 Å². The fraction of sp³-hybridized carbons (Fsp3) is 0. The molecule has 0 amide bonds. The zero-order valence-electron chi connectivity index (χ0n) is 27.4. The summed E-state index contributed by atoms with van der Waals surface area (Å²) < 4.78 is 3.42. The van der Waals surface area contributed by atoms with Crippen LogP contribution in [0.1, 0.15) is 10.5 Å². The molecule has 0 aliphatic rings. The largest absolute Gasteiger partial charge is 0.488 e. The Hall–Kier alpha value is -6.98. The summed E-state index contributed by atoms with van der Waals surface area (Å²) in [4.78, 5) is 27.0. The highest BCUT2D eigenvalue weighted by molar-refractivity contribution is 6.59. The quantitative estimate of drug-likeness (QED) is 0.0922. The molecular formula is C35H26B2N10O6. The lowest BCUT2D eigenvalue weighted by Gasteiger charge is -2.14. The van der Waals surface area contributed by atoms with E-state index in [1.807, 2.05) is 16.7 Å². The first-order valence-corrected chi connectivity index (χ1v) is 16.0. The number of fused-ring (bicyclic) bond motifs is 2. The van der Waals surface area contributed by atoms with Gasteiger partial charge >= 0.3 is 20.2 Å². The van der Waals surface area contributed by atoms with Crippen molar-refractivity contribution in [2.45, 2.75) is 0 Å². The number of benzene rings is 4. The average molecular weight is 704 g/mol. The van der Waals surface area contributed by atoms with Gasteiger partial charge in [0.05, 0.1) is 46.8 Å². The van der Waals surface area contributed by atoms with Crippen molar-refractivity contribution in [2.24, 2.45) is 0 Å². The number of hydrogen-bond donors (Lipinski definition) is 6. The van der Waals surface area contributed by atoms with E-state index in [0.29, 0.717) is 55.6 Å². The lowest BCUT2D eigenvalue weighted by atomic mass is 9.78. The molecule has 16 nitrogen and oxygen atoms in total. The number of anilines is 2. The molecule has 0 spiro atoms. The molecule has 0 saturated carbocycles. The van der Waals surface area contributed by atoms with Crippen LogP contribution in [0.4, 0.5) is 11.4 Å². The number of carbonyl (C=O) groups is 1. The number of nitrogens with zero attached hydrogens (tertiary/aromatic N) is 8. The van der Waals surface area contributed by atoms with Crippen LogP contribution >= 0.6 is 0 Å². The Labute approximate surface area is 300 Å². The van der Waals surface area contributed by atoms with Gasteiger partial charge in [-0.05, 0) is 58.5 Å². The molecule has 4 aromatic heterocycles. The second-order valence-corrected chi connectivity index (χ2v) is 12.0. The van der Waals surface area contributed by atoms with E-state index in [9.17, 15) is 24.9 Å². The lowest BCUT2D eigenvalue weighted by molar-refractivity contribution is 0.0590. The topological polar surface area (TPSA) is 232 Å². The second-order valence-electron chi connectivity index (χ2n) is 12.0. The fourth-order valence-electron chi connectivity index (χ4n) is 6.01. The van der Waals surface area contributed by atoms with Crippen molar-refractivity contribution in [1.82, 2.24) is 39.5 Å². The summed E-state index contributed by atoms with van der Waals surface area (Å²) in [5, 5.41) is 57.2. The molecular weight excluding hydrogens is 678 g/mol. The summed E-state index contributed by atoms with van der Waals surface area (Å²) in [6, 6.07) is 20.7. The summed E-state index contributed by atoms with van der Waals surface area (Å²) in [5.41, 5.74) is 15.2. The van der Waals surface area contributed by atoms with Crippen LogP contribution in [-0.4, -0.2) is 79.8 Å². The predicted molar refractivity (Wildman–Crippen MR) is 197 cm³/mol. The van der Waals surface area contributed by atoms with Crippen LogP contribution < -0.4 is 22.1 Å². The van der Waals surface area contributed by atoms with Gasteiger partial charge < -0.3 is 39.8 Å². The number of aromatic nitrogens is 8. The number of carbonyl (C=O) groups excluding carboxylic acids is 1. The van der Waals surface area contributed by atoms with Crippen molar-refractivity contribution in [3.8, 4) is 33.6 Å². The molecule has 0 aliphatic heterocycles. The number of nitrogens with one attached hydrogen (secondary N) is 1. The van der Waals surface area contributed by atoms with E-state index >= 15 is 0 Å². The van der Waals surface area contributed by atoms with E-state index in [1.54, 1.807) is 84.0 Å². The van der Waals surface area contributed by atoms with E-state index in [2.05, 4.69) is 35.8 Å². The van der Waals surface area contributed by atoms with Gasteiger partial charge in [0, 0.05) is 40.5 Å². The highest BCUT2D eigenvalue weighted by Gasteiger charge is 2.20.